The summed E-state index contributed by atoms with van der Waals surface area (Å²) in [6.07, 6.45) is 3.60. The van der Waals surface area contributed by atoms with Crippen molar-refractivity contribution in [3.63, 3.8) is 0 Å². The van der Waals surface area contributed by atoms with Crippen molar-refractivity contribution in [2.45, 2.75) is 38.8 Å². The van der Waals surface area contributed by atoms with E-state index in [0.717, 1.165) is 25.6 Å². The molecule has 0 spiro atoms. The van der Waals surface area contributed by atoms with Crippen molar-refractivity contribution in [3.05, 3.63) is 16.1 Å². The molecule has 0 saturated carbocycles. The highest BCUT2D eigenvalue weighted by atomic mass is 32.1. The number of hydrogen-bond acceptors (Lipinski definition) is 5. The first-order valence-corrected chi connectivity index (χ1v) is 8.16. The zero-order valence-electron chi connectivity index (χ0n) is 12.1. The molecule has 0 aliphatic carbocycles. The first kappa shape index (κ1) is 14.9. The van der Waals surface area contributed by atoms with Crippen molar-refractivity contribution in [3.8, 4) is 0 Å². The Morgan fingerprint density at radius 2 is 2.42 bits per heavy atom. The molecule has 2 rings (SSSR count). The molecule has 1 aromatic rings. The smallest absolute Gasteiger partial charge is 0.0941 e. The van der Waals surface area contributed by atoms with Crippen LogP contribution in [0.25, 0.3) is 0 Å². The van der Waals surface area contributed by atoms with Crippen molar-refractivity contribution < 1.29 is 0 Å². The summed E-state index contributed by atoms with van der Waals surface area (Å²) in [5.74, 6) is 0. The van der Waals surface area contributed by atoms with Crippen molar-refractivity contribution in [2.75, 3.05) is 33.2 Å². The van der Waals surface area contributed by atoms with Crippen molar-refractivity contribution >= 4 is 11.3 Å². The van der Waals surface area contributed by atoms with Gasteiger partial charge in [0.2, 0.25) is 0 Å². The third-order valence-electron chi connectivity index (χ3n) is 3.82. The second-order valence-corrected chi connectivity index (χ2v) is 6.34. The average Bonchev–Trinajstić information content (AvgIpc) is 2.99. The zero-order chi connectivity index (χ0) is 13.7. The van der Waals surface area contributed by atoms with Crippen LogP contribution in [0, 0.1) is 0 Å². The quantitative estimate of drug-likeness (QED) is 0.824. The van der Waals surface area contributed by atoms with E-state index < -0.39 is 0 Å². The third-order valence-corrected chi connectivity index (χ3v) is 4.77. The highest BCUT2D eigenvalue weighted by molar-refractivity contribution is 7.09. The van der Waals surface area contributed by atoms with Gasteiger partial charge < -0.3 is 5.73 Å². The van der Waals surface area contributed by atoms with Crippen LogP contribution in [0.15, 0.2) is 5.38 Å². The van der Waals surface area contributed by atoms with Crippen LogP contribution >= 0.6 is 11.3 Å². The predicted octanol–water partition coefficient (Wildman–Crippen LogP) is 1.56. The number of rotatable bonds is 7. The molecule has 1 aliphatic heterocycles. The average molecular weight is 282 g/mol. The molecule has 4 nitrogen and oxygen atoms in total. The van der Waals surface area contributed by atoms with Gasteiger partial charge in [0.15, 0.2) is 0 Å². The molecule has 1 aliphatic rings. The first-order chi connectivity index (χ1) is 9.22. The van der Waals surface area contributed by atoms with Gasteiger partial charge in [-0.25, -0.2) is 4.98 Å². The maximum atomic E-state index is 5.56. The molecule has 2 N–H and O–H groups in total. The fourth-order valence-electron chi connectivity index (χ4n) is 2.88. The number of likely N-dealkylation sites (tertiary alicyclic amines) is 1. The second-order valence-electron chi connectivity index (χ2n) is 5.39. The van der Waals surface area contributed by atoms with Crippen LogP contribution < -0.4 is 5.73 Å². The molecule has 1 fully saturated rings. The molecule has 0 radical (unpaired) electrons. The van der Waals surface area contributed by atoms with Crippen LogP contribution in [0.3, 0.4) is 0 Å². The van der Waals surface area contributed by atoms with E-state index in [4.69, 9.17) is 5.73 Å². The number of nitrogens with two attached hydrogens (primary N) is 1. The van der Waals surface area contributed by atoms with Gasteiger partial charge >= 0.3 is 0 Å². The SMILES string of the molecule is CCN1CCCC1CN(C)Cc1csc(CCN)n1. The van der Waals surface area contributed by atoms with Crippen LogP contribution in [0.4, 0.5) is 0 Å². The van der Waals surface area contributed by atoms with Gasteiger partial charge in [-0.2, -0.15) is 0 Å². The number of nitrogens with zero attached hydrogens (tertiary/aromatic N) is 3. The molecule has 19 heavy (non-hydrogen) atoms. The van der Waals surface area contributed by atoms with E-state index in [2.05, 4.69) is 34.1 Å². The minimum absolute atomic E-state index is 0.691. The normalized spacial score (nSPS) is 20.5. The largest absolute Gasteiger partial charge is 0.330 e. The van der Waals surface area contributed by atoms with Gasteiger partial charge in [0.25, 0.3) is 0 Å². The zero-order valence-corrected chi connectivity index (χ0v) is 13.0. The second kappa shape index (κ2) is 7.33. The molecule has 108 valence electrons. The Morgan fingerprint density at radius 3 is 3.16 bits per heavy atom. The lowest BCUT2D eigenvalue weighted by atomic mass is 10.2. The summed E-state index contributed by atoms with van der Waals surface area (Å²) in [6, 6.07) is 0.733. The Bertz CT molecular complexity index is 379. The third kappa shape index (κ3) is 4.24. The summed E-state index contributed by atoms with van der Waals surface area (Å²) in [4.78, 5) is 9.63. The fourth-order valence-corrected chi connectivity index (χ4v) is 3.68. The Labute approximate surface area is 120 Å². The predicted molar refractivity (Wildman–Crippen MR) is 81.5 cm³/mol. The Kier molecular flexibility index (Phi) is 5.76. The molecule has 2 heterocycles. The molecule has 1 unspecified atom stereocenters. The van der Waals surface area contributed by atoms with Crippen LogP contribution in [0.5, 0.6) is 0 Å². The minimum Gasteiger partial charge on any atom is -0.330 e. The molecule has 0 aromatic carbocycles. The lowest BCUT2D eigenvalue weighted by molar-refractivity contribution is 0.194. The molecule has 1 atom stereocenters. The first-order valence-electron chi connectivity index (χ1n) is 7.28. The molecule has 0 amide bonds. The lowest BCUT2D eigenvalue weighted by Gasteiger charge is -2.27. The van der Waals surface area contributed by atoms with E-state index in [9.17, 15) is 0 Å². The molecule has 1 aromatic heterocycles. The van der Waals surface area contributed by atoms with Gasteiger partial charge in [-0.3, -0.25) is 9.80 Å². The lowest BCUT2D eigenvalue weighted by Crippen LogP contribution is -2.38. The molecule has 1 saturated heterocycles. The summed E-state index contributed by atoms with van der Waals surface area (Å²) in [7, 11) is 2.20. The highest BCUT2D eigenvalue weighted by Crippen LogP contribution is 2.18. The monoisotopic (exact) mass is 282 g/mol. The van der Waals surface area contributed by atoms with Crippen LogP contribution in [0.2, 0.25) is 0 Å². The van der Waals surface area contributed by atoms with Crippen LogP contribution in [0.1, 0.15) is 30.5 Å². The van der Waals surface area contributed by atoms with Crippen molar-refractivity contribution in [2.24, 2.45) is 5.73 Å². The van der Waals surface area contributed by atoms with E-state index >= 15 is 0 Å². The van der Waals surface area contributed by atoms with Gasteiger partial charge in [-0.05, 0) is 39.5 Å². The van der Waals surface area contributed by atoms with Crippen LogP contribution in [-0.4, -0.2) is 54.1 Å². The Hall–Kier alpha value is -0.490. The number of hydrogen-bond donors (Lipinski definition) is 1. The van der Waals surface area contributed by atoms with Gasteiger partial charge in [0, 0.05) is 30.9 Å². The number of likely N-dealkylation sites (N-methyl/N-ethyl adjacent to an activating group) is 2. The van der Waals surface area contributed by atoms with Gasteiger partial charge in [-0.15, -0.1) is 11.3 Å². The summed E-state index contributed by atoms with van der Waals surface area (Å²) in [5.41, 5.74) is 6.75. The molecule has 0 bridgehead atoms. The van der Waals surface area contributed by atoms with Crippen molar-refractivity contribution in [1.82, 2.24) is 14.8 Å². The van der Waals surface area contributed by atoms with E-state index in [1.807, 2.05) is 0 Å². The summed E-state index contributed by atoms with van der Waals surface area (Å²) in [6.45, 7) is 7.50. The number of thiazole rings is 1. The highest BCUT2D eigenvalue weighted by Gasteiger charge is 2.24. The molecular formula is C14H26N4S. The fraction of sp³-hybridized carbons (Fsp3) is 0.786. The topological polar surface area (TPSA) is 45.4 Å². The van der Waals surface area contributed by atoms with Gasteiger partial charge in [0.1, 0.15) is 0 Å². The Morgan fingerprint density at radius 1 is 1.58 bits per heavy atom. The molecular weight excluding hydrogens is 256 g/mol. The van der Waals surface area contributed by atoms with E-state index in [-0.39, 0.29) is 0 Å². The van der Waals surface area contributed by atoms with E-state index in [0.29, 0.717) is 6.54 Å². The van der Waals surface area contributed by atoms with Gasteiger partial charge in [-0.1, -0.05) is 6.92 Å². The summed E-state index contributed by atoms with van der Waals surface area (Å²) < 4.78 is 0. The summed E-state index contributed by atoms with van der Waals surface area (Å²) >= 11 is 1.74. The van der Waals surface area contributed by atoms with E-state index in [1.54, 1.807) is 11.3 Å². The standard InChI is InChI=1S/C14H26N4S/c1-3-18-8-4-5-13(18)10-17(2)9-12-11-19-14(16-12)6-7-15/h11,13H,3-10,15H2,1-2H3. The van der Waals surface area contributed by atoms with Crippen molar-refractivity contribution in [1.29, 1.82) is 0 Å². The van der Waals surface area contributed by atoms with E-state index in [1.165, 1.54) is 36.6 Å². The maximum Gasteiger partial charge on any atom is 0.0941 e. The Balaban J connectivity index is 1.81. The molecule has 5 heteroatoms. The van der Waals surface area contributed by atoms with Crippen LogP contribution in [-0.2, 0) is 13.0 Å². The summed E-state index contributed by atoms with van der Waals surface area (Å²) in [5, 5.41) is 3.34. The maximum absolute atomic E-state index is 5.56. The number of aromatic nitrogens is 1. The van der Waals surface area contributed by atoms with Gasteiger partial charge in [0.05, 0.1) is 10.7 Å². The minimum atomic E-state index is 0.691.